The van der Waals surface area contributed by atoms with Gasteiger partial charge in [0.25, 0.3) is 0 Å². The van der Waals surface area contributed by atoms with Crippen LogP contribution in [0.25, 0.3) is 0 Å². The molecule has 0 spiro atoms. The highest BCUT2D eigenvalue weighted by molar-refractivity contribution is 14.0. The van der Waals surface area contributed by atoms with Gasteiger partial charge in [-0.3, -0.25) is 4.99 Å². The van der Waals surface area contributed by atoms with Crippen LogP contribution < -0.4 is 5.32 Å². The minimum absolute atomic E-state index is 0. The number of carbonyl (C=O) groups is 1. The van der Waals surface area contributed by atoms with Crippen LogP contribution >= 0.6 is 24.0 Å². The molecule has 0 unspecified atom stereocenters. The summed E-state index contributed by atoms with van der Waals surface area (Å²) in [7, 11) is 1.78. The van der Waals surface area contributed by atoms with E-state index in [9.17, 15) is 4.79 Å². The van der Waals surface area contributed by atoms with Crippen LogP contribution in [0.3, 0.4) is 0 Å². The van der Waals surface area contributed by atoms with Crippen LogP contribution in [0.1, 0.15) is 31.9 Å². The highest BCUT2D eigenvalue weighted by Crippen LogP contribution is 2.09. The average Bonchev–Trinajstić information content (AvgIpc) is 2.68. The molecule has 0 aliphatic carbocycles. The van der Waals surface area contributed by atoms with Crippen LogP contribution in [0.15, 0.2) is 29.3 Å². The third-order valence-electron chi connectivity index (χ3n) is 4.34. The zero-order chi connectivity index (χ0) is 19.6. The Balaban J connectivity index is 0.00000392. The fraction of sp³-hybridized carbons (Fsp3) is 0.600. The summed E-state index contributed by atoms with van der Waals surface area (Å²) in [6.07, 6.45) is -0.0144. The Kier molecular flexibility index (Phi) is 11.2. The third-order valence-corrected chi connectivity index (χ3v) is 4.34. The summed E-state index contributed by atoms with van der Waals surface area (Å²) >= 11 is 0. The molecule has 8 heteroatoms. The number of nitrogens with one attached hydrogen (secondary N) is 1. The summed E-state index contributed by atoms with van der Waals surface area (Å²) in [4.78, 5) is 20.1. The van der Waals surface area contributed by atoms with E-state index in [0.717, 1.165) is 19.0 Å². The molecule has 1 amide bonds. The predicted octanol–water partition coefficient (Wildman–Crippen LogP) is 3.08. The molecule has 1 aliphatic heterocycles. The Labute approximate surface area is 185 Å². The van der Waals surface area contributed by atoms with Crippen molar-refractivity contribution in [2.45, 2.75) is 40.0 Å². The number of piperazine rings is 1. The van der Waals surface area contributed by atoms with Crippen LogP contribution in [-0.2, 0) is 22.6 Å². The number of aliphatic imine (C=N–C) groups is 1. The maximum atomic E-state index is 11.8. The number of guanidine groups is 1. The van der Waals surface area contributed by atoms with Gasteiger partial charge in [0.05, 0.1) is 19.3 Å². The Hall–Kier alpha value is -1.55. The van der Waals surface area contributed by atoms with E-state index >= 15 is 0 Å². The predicted molar refractivity (Wildman–Crippen MR) is 122 cm³/mol. The summed E-state index contributed by atoms with van der Waals surface area (Å²) in [6.45, 7) is 10.4. The van der Waals surface area contributed by atoms with Gasteiger partial charge in [-0.05, 0) is 31.9 Å². The van der Waals surface area contributed by atoms with Crippen molar-refractivity contribution < 1.29 is 14.3 Å². The number of benzene rings is 1. The first-order valence-corrected chi connectivity index (χ1v) is 9.60. The van der Waals surface area contributed by atoms with Gasteiger partial charge in [0.2, 0.25) is 0 Å². The van der Waals surface area contributed by atoms with Gasteiger partial charge in [-0.15, -0.1) is 24.0 Å². The van der Waals surface area contributed by atoms with Crippen molar-refractivity contribution in [1.29, 1.82) is 0 Å². The van der Waals surface area contributed by atoms with E-state index in [2.05, 4.69) is 39.5 Å². The number of nitrogens with zero attached hydrogens (tertiary/aromatic N) is 3. The van der Waals surface area contributed by atoms with E-state index < -0.39 is 0 Å². The fourth-order valence-electron chi connectivity index (χ4n) is 2.92. The molecule has 158 valence electrons. The lowest BCUT2D eigenvalue weighted by molar-refractivity contribution is 0.0656. The highest BCUT2D eigenvalue weighted by Gasteiger charge is 2.23. The van der Waals surface area contributed by atoms with Crippen molar-refractivity contribution in [3.8, 4) is 0 Å². The lowest BCUT2D eigenvalue weighted by atomic mass is 10.1. The highest BCUT2D eigenvalue weighted by atomic mass is 127. The standard InChI is InChI=1S/C20H32N4O3.HI/c1-5-26-20(25)24-11-9-23(10-12-24)19(21-4)22-14-17-7-6-8-18(13-17)15-27-16(2)3;/h6-8,13,16H,5,9-12,14-15H2,1-4H3,(H,21,22);1H. The van der Waals surface area contributed by atoms with Gasteiger partial charge in [-0.25, -0.2) is 4.79 Å². The summed E-state index contributed by atoms with van der Waals surface area (Å²) in [6, 6.07) is 8.38. The first-order valence-electron chi connectivity index (χ1n) is 9.60. The molecule has 2 rings (SSSR count). The van der Waals surface area contributed by atoms with E-state index in [4.69, 9.17) is 9.47 Å². The van der Waals surface area contributed by atoms with E-state index in [1.165, 1.54) is 11.1 Å². The topological polar surface area (TPSA) is 66.4 Å². The lowest BCUT2D eigenvalue weighted by Gasteiger charge is -2.35. The second kappa shape index (κ2) is 12.8. The van der Waals surface area contributed by atoms with E-state index in [-0.39, 0.29) is 36.2 Å². The van der Waals surface area contributed by atoms with Crippen molar-refractivity contribution in [2.24, 2.45) is 4.99 Å². The van der Waals surface area contributed by atoms with Crippen LogP contribution in [0.4, 0.5) is 4.79 Å². The minimum atomic E-state index is -0.236. The first-order chi connectivity index (χ1) is 13.0. The van der Waals surface area contributed by atoms with Gasteiger partial charge >= 0.3 is 6.09 Å². The SMILES string of the molecule is CCOC(=O)N1CCN(C(=NC)NCc2cccc(COC(C)C)c2)CC1.I. The van der Waals surface area contributed by atoms with Crippen LogP contribution in [0.2, 0.25) is 0 Å². The average molecular weight is 504 g/mol. The van der Waals surface area contributed by atoms with E-state index in [0.29, 0.717) is 32.8 Å². The molecule has 7 nitrogen and oxygen atoms in total. The molecular formula is C20H33IN4O3. The maximum absolute atomic E-state index is 11.8. The normalized spacial score (nSPS) is 14.7. The molecular weight excluding hydrogens is 471 g/mol. The first kappa shape index (κ1) is 24.5. The largest absolute Gasteiger partial charge is 0.450 e. The molecule has 0 radical (unpaired) electrons. The third kappa shape index (κ3) is 7.83. The Bertz CT molecular complexity index is 632. The molecule has 1 saturated heterocycles. The molecule has 0 bridgehead atoms. The lowest BCUT2D eigenvalue weighted by Crippen LogP contribution is -2.53. The quantitative estimate of drug-likeness (QED) is 0.367. The van der Waals surface area contributed by atoms with Crippen molar-refractivity contribution in [2.75, 3.05) is 39.8 Å². The summed E-state index contributed by atoms with van der Waals surface area (Å²) in [5.74, 6) is 0.849. The van der Waals surface area contributed by atoms with Gasteiger partial charge < -0.3 is 24.6 Å². The van der Waals surface area contributed by atoms with Crippen molar-refractivity contribution in [3.63, 3.8) is 0 Å². The van der Waals surface area contributed by atoms with Crippen LogP contribution in [0, 0.1) is 0 Å². The zero-order valence-electron chi connectivity index (χ0n) is 17.3. The molecule has 1 aromatic rings. The number of halogens is 1. The zero-order valence-corrected chi connectivity index (χ0v) is 19.6. The van der Waals surface area contributed by atoms with Gasteiger partial charge in [-0.2, -0.15) is 0 Å². The fourth-order valence-corrected chi connectivity index (χ4v) is 2.92. The Morgan fingerprint density at radius 1 is 1.18 bits per heavy atom. The smallest absolute Gasteiger partial charge is 0.409 e. The monoisotopic (exact) mass is 504 g/mol. The molecule has 1 N–H and O–H groups in total. The molecule has 1 aliphatic rings. The van der Waals surface area contributed by atoms with Crippen molar-refractivity contribution in [1.82, 2.24) is 15.1 Å². The Morgan fingerprint density at radius 2 is 1.82 bits per heavy atom. The van der Waals surface area contributed by atoms with Crippen LogP contribution in [-0.4, -0.2) is 67.8 Å². The summed E-state index contributed by atoms with van der Waals surface area (Å²) < 4.78 is 10.7. The molecule has 0 atom stereocenters. The molecule has 0 aromatic heterocycles. The number of amides is 1. The van der Waals surface area contributed by atoms with E-state index in [1.807, 2.05) is 20.8 Å². The van der Waals surface area contributed by atoms with Gasteiger partial charge in [0, 0.05) is 39.8 Å². The molecule has 0 saturated carbocycles. The number of carbonyl (C=O) groups excluding carboxylic acids is 1. The second-order valence-electron chi connectivity index (χ2n) is 6.75. The number of ether oxygens (including phenoxy) is 2. The Morgan fingerprint density at radius 3 is 2.43 bits per heavy atom. The number of hydrogen-bond donors (Lipinski definition) is 1. The number of hydrogen-bond acceptors (Lipinski definition) is 4. The molecule has 1 aromatic carbocycles. The summed E-state index contributed by atoms with van der Waals surface area (Å²) in [5.41, 5.74) is 2.35. The van der Waals surface area contributed by atoms with Crippen molar-refractivity contribution >= 4 is 36.0 Å². The van der Waals surface area contributed by atoms with Gasteiger partial charge in [0.15, 0.2) is 5.96 Å². The van der Waals surface area contributed by atoms with Gasteiger partial charge in [-0.1, -0.05) is 24.3 Å². The minimum Gasteiger partial charge on any atom is -0.450 e. The molecule has 28 heavy (non-hydrogen) atoms. The number of rotatable bonds is 6. The molecule has 1 heterocycles. The van der Waals surface area contributed by atoms with Crippen LogP contribution in [0.5, 0.6) is 0 Å². The second-order valence-corrected chi connectivity index (χ2v) is 6.75. The molecule has 1 fully saturated rings. The van der Waals surface area contributed by atoms with Crippen molar-refractivity contribution in [3.05, 3.63) is 35.4 Å². The van der Waals surface area contributed by atoms with Gasteiger partial charge in [0.1, 0.15) is 0 Å². The van der Waals surface area contributed by atoms with E-state index in [1.54, 1.807) is 11.9 Å². The summed E-state index contributed by atoms with van der Waals surface area (Å²) in [5, 5.41) is 3.42. The maximum Gasteiger partial charge on any atom is 0.409 e.